The standard InChI is InChI=1S/C19H18ClN3O2S/c1-19(2,3)17(24)23-18(26)21-13-7-4-11(5-8-13)16-22-14-10-12(20)6-9-15(14)25-16/h4-10H,1-3H3,(H2,21,23,24,26). The Morgan fingerprint density at radius 3 is 2.50 bits per heavy atom. The van der Waals surface area contributed by atoms with Gasteiger partial charge >= 0.3 is 0 Å². The summed E-state index contributed by atoms with van der Waals surface area (Å²) >= 11 is 11.2. The first kappa shape index (κ1) is 18.4. The molecule has 0 aliphatic rings. The van der Waals surface area contributed by atoms with Crippen molar-refractivity contribution in [2.75, 3.05) is 5.32 Å². The van der Waals surface area contributed by atoms with E-state index in [9.17, 15) is 4.79 Å². The molecule has 7 heteroatoms. The summed E-state index contributed by atoms with van der Waals surface area (Å²) in [6.45, 7) is 5.48. The van der Waals surface area contributed by atoms with Crippen molar-refractivity contribution in [3.63, 3.8) is 0 Å². The summed E-state index contributed by atoms with van der Waals surface area (Å²) in [5, 5.41) is 6.54. The fourth-order valence-corrected chi connectivity index (χ4v) is 2.55. The van der Waals surface area contributed by atoms with E-state index in [4.69, 9.17) is 28.2 Å². The van der Waals surface area contributed by atoms with E-state index in [1.807, 2.05) is 45.0 Å². The van der Waals surface area contributed by atoms with Crippen molar-refractivity contribution in [3.05, 3.63) is 47.5 Å². The number of amides is 1. The largest absolute Gasteiger partial charge is 0.436 e. The monoisotopic (exact) mass is 387 g/mol. The Morgan fingerprint density at radius 1 is 1.15 bits per heavy atom. The second-order valence-electron chi connectivity index (χ2n) is 6.87. The molecule has 0 aliphatic heterocycles. The van der Waals surface area contributed by atoms with Gasteiger partial charge in [-0.1, -0.05) is 32.4 Å². The summed E-state index contributed by atoms with van der Waals surface area (Å²) in [5.41, 5.74) is 2.46. The second-order valence-corrected chi connectivity index (χ2v) is 7.71. The molecule has 2 N–H and O–H groups in total. The molecule has 0 spiro atoms. The van der Waals surface area contributed by atoms with Gasteiger partial charge in [0.2, 0.25) is 11.8 Å². The first-order valence-corrected chi connectivity index (χ1v) is 8.80. The van der Waals surface area contributed by atoms with Gasteiger partial charge in [0.05, 0.1) is 0 Å². The van der Waals surface area contributed by atoms with Gasteiger partial charge in [-0.3, -0.25) is 4.79 Å². The molecular weight excluding hydrogens is 370 g/mol. The number of aromatic nitrogens is 1. The van der Waals surface area contributed by atoms with Crippen molar-refractivity contribution in [1.82, 2.24) is 10.3 Å². The van der Waals surface area contributed by atoms with Gasteiger partial charge < -0.3 is 15.1 Å². The first-order valence-electron chi connectivity index (χ1n) is 8.01. The van der Waals surface area contributed by atoms with E-state index >= 15 is 0 Å². The minimum atomic E-state index is -0.508. The lowest BCUT2D eigenvalue weighted by Crippen LogP contribution is -2.41. The van der Waals surface area contributed by atoms with E-state index in [2.05, 4.69) is 15.6 Å². The molecule has 5 nitrogen and oxygen atoms in total. The summed E-state index contributed by atoms with van der Waals surface area (Å²) in [5.74, 6) is 0.370. The van der Waals surface area contributed by atoms with Crippen LogP contribution >= 0.6 is 23.8 Å². The maximum atomic E-state index is 11.9. The average molecular weight is 388 g/mol. The summed E-state index contributed by atoms with van der Waals surface area (Å²) in [7, 11) is 0. The molecule has 3 rings (SSSR count). The van der Waals surface area contributed by atoms with Gasteiger partial charge in [-0.05, 0) is 54.7 Å². The predicted octanol–water partition coefficient (Wildman–Crippen LogP) is 5.01. The molecule has 1 aromatic heterocycles. The van der Waals surface area contributed by atoms with E-state index in [0.29, 0.717) is 22.0 Å². The lowest BCUT2D eigenvalue weighted by molar-refractivity contribution is -0.126. The highest BCUT2D eigenvalue weighted by atomic mass is 35.5. The zero-order chi connectivity index (χ0) is 18.9. The van der Waals surface area contributed by atoms with Crippen LogP contribution in [0.2, 0.25) is 5.02 Å². The third kappa shape index (κ3) is 4.20. The number of fused-ring (bicyclic) bond motifs is 1. The average Bonchev–Trinajstić information content (AvgIpc) is 2.97. The van der Waals surface area contributed by atoms with Gasteiger partial charge in [0, 0.05) is 21.7 Å². The fourth-order valence-electron chi connectivity index (χ4n) is 2.17. The van der Waals surface area contributed by atoms with Crippen molar-refractivity contribution < 1.29 is 9.21 Å². The van der Waals surface area contributed by atoms with Crippen molar-refractivity contribution in [3.8, 4) is 11.5 Å². The highest BCUT2D eigenvalue weighted by Gasteiger charge is 2.22. The van der Waals surface area contributed by atoms with Crippen LogP contribution in [0.3, 0.4) is 0 Å². The van der Waals surface area contributed by atoms with Gasteiger partial charge in [-0.2, -0.15) is 0 Å². The molecule has 0 unspecified atom stereocenters. The Morgan fingerprint density at radius 2 is 1.85 bits per heavy atom. The summed E-state index contributed by atoms with van der Waals surface area (Å²) < 4.78 is 5.75. The maximum absolute atomic E-state index is 11.9. The van der Waals surface area contributed by atoms with E-state index in [-0.39, 0.29) is 11.0 Å². The third-order valence-electron chi connectivity index (χ3n) is 3.65. The molecule has 0 atom stereocenters. The Hall–Kier alpha value is -2.44. The molecule has 0 saturated heterocycles. The third-order valence-corrected chi connectivity index (χ3v) is 4.09. The summed E-state index contributed by atoms with van der Waals surface area (Å²) in [4.78, 5) is 16.4. The topological polar surface area (TPSA) is 67.2 Å². The fraction of sp³-hybridized carbons (Fsp3) is 0.211. The van der Waals surface area contributed by atoms with Crippen molar-refractivity contribution in [2.45, 2.75) is 20.8 Å². The normalized spacial score (nSPS) is 11.4. The van der Waals surface area contributed by atoms with Crippen LogP contribution in [-0.2, 0) is 4.79 Å². The molecular formula is C19H18ClN3O2S. The van der Waals surface area contributed by atoms with Gasteiger partial charge in [0.15, 0.2) is 10.7 Å². The quantitative estimate of drug-likeness (QED) is 0.605. The smallest absolute Gasteiger partial charge is 0.231 e. The second kappa shape index (κ2) is 7.05. The van der Waals surface area contributed by atoms with Crippen molar-refractivity contribution >= 4 is 51.6 Å². The Labute approximate surface area is 161 Å². The summed E-state index contributed by atoms with van der Waals surface area (Å²) in [6.07, 6.45) is 0. The Kier molecular flexibility index (Phi) is 4.98. The van der Waals surface area contributed by atoms with Crippen LogP contribution < -0.4 is 10.6 Å². The molecule has 0 aliphatic carbocycles. The molecule has 0 fully saturated rings. The predicted molar refractivity (Wildman–Crippen MR) is 108 cm³/mol. The van der Waals surface area contributed by atoms with Crippen LogP contribution in [0.25, 0.3) is 22.6 Å². The number of halogens is 1. The molecule has 26 heavy (non-hydrogen) atoms. The van der Waals surface area contributed by atoms with E-state index in [1.54, 1.807) is 18.2 Å². The molecule has 1 amide bonds. The van der Waals surface area contributed by atoms with Crippen LogP contribution in [0.4, 0.5) is 5.69 Å². The molecule has 3 aromatic rings. The molecule has 2 aromatic carbocycles. The van der Waals surface area contributed by atoms with Crippen LogP contribution in [0.15, 0.2) is 46.9 Å². The van der Waals surface area contributed by atoms with Crippen LogP contribution in [0.5, 0.6) is 0 Å². The zero-order valence-electron chi connectivity index (χ0n) is 14.6. The van der Waals surface area contributed by atoms with E-state index in [1.165, 1.54) is 0 Å². The number of nitrogens with zero attached hydrogens (tertiary/aromatic N) is 1. The molecule has 1 heterocycles. The van der Waals surface area contributed by atoms with Crippen molar-refractivity contribution in [1.29, 1.82) is 0 Å². The summed E-state index contributed by atoms with van der Waals surface area (Å²) in [6, 6.07) is 12.7. The number of carbonyl (C=O) groups excluding carboxylic acids is 1. The molecule has 0 bridgehead atoms. The lowest BCUT2D eigenvalue weighted by atomic mass is 9.96. The van der Waals surface area contributed by atoms with Gasteiger partial charge in [0.25, 0.3) is 0 Å². The minimum absolute atomic E-state index is 0.142. The maximum Gasteiger partial charge on any atom is 0.231 e. The number of nitrogens with one attached hydrogen (secondary N) is 2. The minimum Gasteiger partial charge on any atom is -0.436 e. The highest BCUT2D eigenvalue weighted by Crippen LogP contribution is 2.27. The number of carbonyl (C=O) groups is 1. The first-order chi connectivity index (χ1) is 12.2. The Balaban J connectivity index is 1.71. The number of hydrogen-bond acceptors (Lipinski definition) is 4. The van der Waals surface area contributed by atoms with Crippen LogP contribution in [0.1, 0.15) is 20.8 Å². The van der Waals surface area contributed by atoms with Crippen LogP contribution in [-0.4, -0.2) is 16.0 Å². The van der Waals surface area contributed by atoms with Crippen molar-refractivity contribution in [2.24, 2.45) is 5.41 Å². The Bertz CT molecular complexity index is 975. The number of benzene rings is 2. The SMILES string of the molecule is CC(C)(C)C(=O)NC(=S)Nc1ccc(-c2nc3cc(Cl)ccc3o2)cc1. The number of oxazole rings is 1. The number of anilines is 1. The molecule has 0 saturated carbocycles. The number of thiocarbonyl (C=S) groups is 1. The van der Waals surface area contributed by atoms with Gasteiger partial charge in [0.1, 0.15) is 5.52 Å². The number of hydrogen-bond donors (Lipinski definition) is 2. The zero-order valence-corrected chi connectivity index (χ0v) is 16.2. The van der Waals surface area contributed by atoms with E-state index in [0.717, 1.165) is 11.3 Å². The van der Waals surface area contributed by atoms with E-state index < -0.39 is 5.41 Å². The van der Waals surface area contributed by atoms with Crippen LogP contribution in [0, 0.1) is 5.41 Å². The number of rotatable bonds is 2. The van der Waals surface area contributed by atoms with Gasteiger partial charge in [-0.25, -0.2) is 4.98 Å². The lowest BCUT2D eigenvalue weighted by Gasteiger charge is -2.18. The highest BCUT2D eigenvalue weighted by molar-refractivity contribution is 7.80. The van der Waals surface area contributed by atoms with Gasteiger partial charge in [-0.15, -0.1) is 0 Å². The molecule has 134 valence electrons. The molecule has 0 radical (unpaired) electrons.